The summed E-state index contributed by atoms with van der Waals surface area (Å²) in [7, 11) is -0.241. The van der Waals surface area contributed by atoms with Crippen LogP contribution in [0.15, 0.2) is 54.6 Å². The molecule has 0 saturated heterocycles. The number of hydrogen-bond acceptors (Lipinski definition) is 3. The third-order valence-corrected chi connectivity index (χ3v) is 10.0. The Bertz CT molecular complexity index is 1470. The maximum absolute atomic E-state index is 14.9. The van der Waals surface area contributed by atoms with Gasteiger partial charge in [-0.1, -0.05) is 68.2 Å². The van der Waals surface area contributed by atoms with Crippen LogP contribution in [0, 0.1) is 31.5 Å². The highest BCUT2D eigenvalue weighted by Gasteiger charge is 2.37. The van der Waals surface area contributed by atoms with Gasteiger partial charge in [-0.25, -0.2) is 14.2 Å². The van der Waals surface area contributed by atoms with Gasteiger partial charge in [-0.15, -0.1) is 0 Å². The van der Waals surface area contributed by atoms with Crippen molar-refractivity contribution < 1.29 is 18.6 Å². The first-order valence-electron chi connectivity index (χ1n) is 15.9. The minimum absolute atomic E-state index is 0.121. The molecule has 3 aromatic carbocycles. The normalized spacial score (nSPS) is 14.9. The Labute approximate surface area is 260 Å². The van der Waals surface area contributed by atoms with Crippen LogP contribution in [0.5, 0.6) is 0 Å². The maximum Gasteiger partial charge on any atom is 0.185 e. The van der Waals surface area contributed by atoms with Crippen molar-refractivity contribution >= 4 is 8.32 Å². The second kappa shape index (κ2) is 13.9. The van der Waals surface area contributed by atoms with Crippen LogP contribution in [0.4, 0.5) is 4.39 Å². The van der Waals surface area contributed by atoms with E-state index in [0.717, 1.165) is 47.9 Å². The molecule has 1 saturated carbocycles. The molecule has 0 atom stereocenters. The van der Waals surface area contributed by atoms with Gasteiger partial charge in [-0.05, 0) is 123 Å². The smallest absolute Gasteiger partial charge is 0.185 e. The van der Waals surface area contributed by atoms with Crippen LogP contribution < -0.4 is 0 Å². The number of hydrogen-bond donors (Lipinski definition) is 0. The maximum atomic E-state index is 14.9. The third kappa shape index (κ3) is 7.67. The van der Waals surface area contributed by atoms with Gasteiger partial charge in [0.2, 0.25) is 0 Å². The van der Waals surface area contributed by atoms with Crippen molar-refractivity contribution in [3.8, 4) is 23.0 Å². The van der Waals surface area contributed by atoms with E-state index in [1.165, 1.54) is 36.6 Å². The first kappa shape index (κ1) is 33.1. The summed E-state index contributed by atoms with van der Waals surface area (Å²) in [6.07, 6.45) is 6.87. The molecule has 1 aliphatic carbocycles. The number of aryl methyl sites for hydroxylation is 2. The lowest BCUT2D eigenvalue weighted by Gasteiger charge is -2.34. The zero-order chi connectivity index (χ0) is 31.3. The fraction of sp³-hybridized carbons (Fsp3) is 0.474. The van der Waals surface area contributed by atoms with Crippen molar-refractivity contribution in [1.82, 2.24) is 0 Å². The monoisotopic (exact) mass is 600 g/mol. The van der Waals surface area contributed by atoms with Crippen LogP contribution in [0.3, 0.4) is 0 Å². The molecule has 0 spiro atoms. The molecular weight excluding hydrogens is 551 g/mol. The standard InChI is InChI=1S/C38H49FO3Si/c1-9-38(10-2,33-16-15-30(28(3)25-33)19-23-37(21-11-12-22-37)42-43(6,7)8)34-17-18-35(29(4)26-34)32-14-13-31(36(39)27-32)20-24-41-40-5/h13-18,25-27H,9-12,20-22,24H2,1-8H3. The molecule has 5 heteroatoms. The van der Waals surface area contributed by atoms with E-state index >= 15 is 0 Å². The van der Waals surface area contributed by atoms with Crippen LogP contribution in [0.1, 0.15) is 85.8 Å². The van der Waals surface area contributed by atoms with Crippen molar-refractivity contribution in [3.05, 3.63) is 93.8 Å². The molecule has 1 fully saturated rings. The van der Waals surface area contributed by atoms with E-state index < -0.39 is 8.32 Å². The topological polar surface area (TPSA) is 27.7 Å². The first-order chi connectivity index (χ1) is 20.5. The van der Waals surface area contributed by atoms with Crippen molar-refractivity contribution in [2.24, 2.45) is 0 Å². The highest BCUT2D eigenvalue weighted by Crippen LogP contribution is 2.41. The summed E-state index contributed by atoms with van der Waals surface area (Å²) < 4.78 is 21.5. The average Bonchev–Trinajstić information content (AvgIpc) is 3.41. The Kier molecular flexibility index (Phi) is 10.7. The van der Waals surface area contributed by atoms with Gasteiger partial charge in [-0.3, -0.25) is 0 Å². The van der Waals surface area contributed by atoms with Crippen LogP contribution in [0.25, 0.3) is 11.1 Å². The van der Waals surface area contributed by atoms with Gasteiger partial charge in [-0.2, -0.15) is 0 Å². The lowest BCUT2D eigenvalue weighted by molar-refractivity contribution is -0.271. The molecule has 0 radical (unpaired) electrons. The van der Waals surface area contributed by atoms with Crippen molar-refractivity contribution in [3.63, 3.8) is 0 Å². The molecule has 4 rings (SSSR count). The lowest BCUT2D eigenvalue weighted by atomic mass is 9.69. The van der Waals surface area contributed by atoms with Crippen LogP contribution in [-0.2, 0) is 26.0 Å². The van der Waals surface area contributed by atoms with Crippen molar-refractivity contribution in [1.29, 1.82) is 0 Å². The predicted molar refractivity (Wildman–Crippen MR) is 178 cm³/mol. The summed E-state index contributed by atoms with van der Waals surface area (Å²) in [5.74, 6) is 6.91. The summed E-state index contributed by atoms with van der Waals surface area (Å²) in [5, 5.41) is 0. The SMILES string of the molecule is CCC(CC)(c1ccc(C#CC2(O[Si](C)(C)C)CCCC2)c(C)c1)c1ccc(-c2ccc(CCOOC)c(F)c2)c(C)c1. The molecule has 0 N–H and O–H groups in total. The zero-order valence-electron chi connectivity index (χ0n) is 27.5. The van der Waals surface area contributed by atoms with Crippen LogP contribution in [0.2, 0.25) is 19.6 Å². The Morgan fingerprint density at radius 2 is 1.53 bits per heavy atom. The largest absolute Gasteiger partial charge is 0.402 e. The van der Waals surface area contributed by atoms with E-state index in [9.17, 15) is 4.39 Å². The van der Waals surface area contributed by atoms with Crippen molar-refractivity contribution in [2.45, 2.75) is 103 Å². The number of benzene rings is 3. The van der Waals surface area contributed by atoms with E-state index in [0.29, 0.717) is 18.6 Å². The molecule has 0 aliphatic heterocycles. The molecule has 0 bridgehead atoms. The highest BCUT2D eigenvalue weighted by atomic mass is 28.4. The summed E-state index contributed by atoms with van der Waals surface area (Å²) in [4.78, 5) is 9.55. The Hall–Kier alpha value is -2.75. The van der Waals surface area contributed by atoms with E-state index in [1.54, 1.807) is 6.07 Å². The van der Waals surface area contributed by atoms with E-state index in [-0.39, 0.29) is 16.8 Å². The fourth-order valence-corrected chi connectivity index (χ4v) is 8.17. The molecule has 3 aromatic rings. The fourth-order valence-electron chi connectivity index (χ4n) is 6.74. The summed E-state index contributed by atoms with van der Waals surface area (Å²) in [5.41, 5.74) is 8.18. The van der Waals surface area contributed by atoms with Gasteiger partial charge in [0.25, 0.3) is 0 Å². The van der Waals surface area contributed by atoms with Gasteiger partial charge in [0, 0.05) is 17.4 Å². The quantitative estimate of drug-likeness (QED) is 0.0721. The molecule has 230 valence electrons. The average molecular weight is 601 g/mol. The highest BCUT2D eigenvalue weighted by molar-refractivity contribution is 6.69. The second-order valence-corrected chi connectivity index (χ2v) is 17.5. The molecule has 0 aromatic heterocycles. The van der Waals surface area contributed by atoms with Crippen LogP contribution >= 0.6 is 0 Å². The minimum atomic E-state index is -1.70. The second-order valence-electron chi connectivity index (χ2n) is 13.1. The predicted octanol–water partition coefficient (Wildman–Crippen LogP) is 9.85. The van der Waals surface area contributed by atoms with Gasteiger partial charge < -0.3 is 4.43 Å². The summed E-state index contributed by atoms with van der Waals surface area (Å²) in [6, 6.07) is 19.0. The molecule has 43 heavy (non-hydrogen) atoms. The lowest BCUT2D eigenvalue weighted by Crippen LogP contribution is -2.39. The van der Waals surface area contributed by atoms with Gasteiger partial charge in [0.15, 0.2) is 8.32 Å². The van der Waals surface area contributed by atoms with E-state index in [2.05, 4.69) is 100 Å². The molecule has 3 nitrogen and oxygen atoms in total. The first-order valence-corrected chi connectivity index (χ1v) is 19.3. The molecule has 0 heterocycles. The van der Waals surface area contributed by atoms with Gasteiger partial charge in [0.1, 0.15) is 11.4 Å². The minimum Gasteiger partial charge on any atom is -0.402 e. The van der Waals surface area contributed by atoms with E-state index in [1.807, 2.05) is 12.1 Å². The van der Waals surface area contributed by atoms with E-state index in [4.69, 9.17) is 9.31 Å². The Balaban J connectivity index is 1.63. The third-order valence-electron chi connectivity index (χ3n) is 9.04. The Morgan fingerprint density at radius 3 is 2.09 bits per heavy atom. The van der Waals surface area contributed by atoms with Crippen molar-refractivity contribution in [2.75, 3.05) is 13.7 Å². The molecule has 0 unspecified atom stereocenters. The van der Waals surface area contributed by atoms with Crippen LogP contribution in [-0.4, -0.2) is 27.6 Å². The number of halogens is 1. The zero-order valence-corrected chi connectivity index (χ0v) is 28.5. The Morgan fingerprint density at radius 1 is 0.884 bits per heavy atom. The number of rotatable bonds is 11. The van der Waals surface area contributed by atoms with Gasteiger partial charge in [0.05, 0.1) is 13.7 Å². The molecule has 0 amide bonds. The van der Waals surface area contributed by atoms with Gasteiger partial charge >= 0.3 is 0 Å². The summed E-state index contributed by atoms with van der Waals surface area (Å²) >= 11 is 0. The molecule has 1 aliphatic rings. The molecular formula is C38H49FO3Si. The summed E-state index contributed by atoms with van der Waals surface area (Å²) in [6.45, 7) is 15.9.